The van der Waals surface area contributed by atoms with Gasteiger partial charge in [-0.25, -0.2) is 14.1 Å². The minimum absolute atomic E-state index is 0.0287. The zero-order valence-corrected chi connectivity index (χ0v) is 23.6. The van der Waals surface area contributed by atoms with Gasteiger partial charge in [-0.3, -0.25) is 19.2 Å². The molecule has 1 spiro atoms. The molecular formula is C32H31ClFN5O2. The number of nitrogens with zero attached hydrogens (tertiary/aromatic N) is 5. The number of hydrazone groups is 1. The average molecular weight is 572 g/mol. The van der Waals surface area contributed by atoms with Gasteiger partial charge in [-0.2, -0.15) is 5.10 Å². The molecule has 3 heterocycles. The average Bonchev–Trinajstić information content (AvgIpc) is 3.41. The van der Waals surface area contributed by atoms with Crippen LogP contribution in [0.5, 0.6) is 0 Å². The summed E-state index contributed by atoms with van der Waals surface area (Å²) in [6.07, 6.45) is 1.18. The SMILES string of the molecule is CCn1c(CN2CCC3(CC2)C(=O)N(Cc2ccc(F)cc2)N=C3c2ccccc2)c(Cl)c(=O)n1-c1ccccc1. The molecule has 0 atom stereocenters. The Bertz CT molecular complexity index is 1640. The number of amides is 1. The summed E-state index contributed by atoms with van der Waals surface area (Å²) in [6.45, 7) is 4.67. The fraction of sp³-hybridized carbons (Fsp3) is 0.281. The number of carbonyl (C=O) groups excluding carboxylic acids is 1. The maximum Gasteiger partial charge on any atom is 0.290 e. The second-order valence-corrected chi connectivity index (χ2v) is 11.0. The van der Waals surface area contributed by atoms with Crippen molar-refractivity contribution in [1.29, 1.82) is 0 Å². The summed E-state index contributed by atoms with van der Waals surface area (Å²) in [4.78, 5) is 29.4. The number of rotatable bonds is 7. The Balaban J connectivity index is 1.26. The Hall–Kier alpha value is -4.01. The van der Waals surface area contributed by atoms with Crippen LogP contribution in [0.1, 0.15) is 36.6 Å². The van der Waals surface area contributed by atoms with E-state index in [-0.39, 0.29) is 28.9 Å². The molecule has 1 aromatic heterocycles. The summed E-state index contributed by atoms with van der Waals surface area (Å²) in [7, 11) is 0. The lowest BCUT2D eigenvalue weighted by Crippen LogP contribution is -2.48. The highest BCUT2D eigenvalue weighted by molar-refractivity contribution is 6.31. The number of hydrogen-bond acceptors (Lipinski definition) is 4. The molecule has 1 amide bonds. The van der Waals surface area contributed by atoms with Crippen molar-refractivity contribution in [2.24, 2.45) is 10.5 Å². The predicted octanol–water partition coefficient (Wildman–Crippen LogP) is 5.48. The van der Waals surface area contributed by atoms with Crippen LogP contribution in [0.4, 0.5) is 4.39 Å². The molecule has 1 saturated heterocycles. The Kier molecular flexibility index (Phi) is 7.36. The number of aromatic nitrogens is 2. The summed E-state index contributed by atoms with van der Waals surface area (Å²) in [5.41, 5.74) is 3.09. The smallest absolute Gasteiger partial charge is 0.290 e. The van der Waals surface area contributed by atoms with Crippen LogP contribution in [-0.2, 0) is 24.4 Å². The van der Waals surface area contributed by atoms with E-state index in [1.807, 2.05) is 72.3 Å². The van der Waals surface area contributed by atoms with Crippen molar-refractivity contribution in [3.8, 4) is 5.69 Å². The molecule has 2 aliphatic heterocycles. The molecule has 3 aromatic carbocycles. The first-order valence-corrected chi connectivity index (χ1v) is 14.3. The number of hydrogen-bond donors (Lipinski definition) is 0. The standard InChI is InChI=1S/C32H31ClFN5O2/c1-2-38-27(28(33)30(40)39(38)26-11-7-4-8-12-26)22-36-19-17-32(18-20-36)29(24-9-5-3-6-10-24)35-37(31(32)41)21-23-13-15-25(34)16-14-23/h3-16H,2,17-22H2,1H3. The zero-order chi connectivity index (χ0) is 28.6. The molecule has 6 rings (SSSR count). The van der Waals surface area contributed by atoms with Gasteiger partial charge in [-0.05, 0) is 68.2 Å². The third-order valence-electron chi connectivity index (χ3n) is 8.18. The van der Waals surface area contributed by atoms with Gasteiger partial charge in [0.15, 0.2) is 0 Å². The van der Waals surface area contributed by atoms with Gasteiger partial charge in [-0.1, -0.05) is 72.3 Å². The normalized spacial score (nSPS) is 16.9. The van der Waals surface area contributed by atoms with E-state index in [9.17, 15) is 14.0 Å². The maximum atomic E-state index is 14.0. The fourth-order valence-corrected chi connectivity index (χ4v) is 6.27. The van der Waals surface area contributed by atoms with E-state index in [0.717, 1.165) is 28.2 Å². The highest BCUT2D eigenvalue weighted by atomic mass is 35.5. The first kappa shape index (κ1) is 27.2. The van der Waals surface area contributed by atoms with E-state index in [0.29, 0.717) is 39.0 Å². The molecule has 0 unspecified atom stereocenters. The van der Waals surface area contributed by atoms with Gasteiger partial charge >= 0.3 is 0 Å². The number of halogens is 2. The first-order chi connectivity index (χ1) is 19.9. The largest absolute Gasteiger partial charge is 0.297 e. The molecule has 1 fully saturated rings. The molecule has 0 N–H and O–H groups in total. The van der Waals surface area contributed by atoms with Gasteiger partial charge in [0.2, 0.25) is 0 Å². The van der Waals surface area contributed by atoms with Crippen molar-refractivity contribution >= 4 is 23.2 Å². The Labute approximate surface area is 243 Å². The van der Waals surface area contributed by atoms with Crippen LogP contribution in [0.3, 0.4) is 0 Å². The van der Waals surface area contributed by atoms with Crippen LogP contribution >= 0.6 is 11.6 Å². The number of carbonyl (C=O) groups is 1. The molecular weight excluding hydrogens is 541 g/mol. The Morgan fingerprint density at radius 2 is 1.51 bits per heavy atom. The number of para-hydroxylation sites is 1. The van der Waals surface area contributed by atoms with Crippen molar-refractivity contribution in [2.45, 2.75) is 39.4 Å². The molecule has 0 aliphatic carbocycles. The molecule has 210 valence electrons. The molecule has 4 aromatic rings. The van der Waals surface area contributed by atoms with Gasteiger partial charge < -0.3 is 0 Å². The molecule has 7 nitrogen and oxygen atoms in total. The van der Waals surface area contributed by atoms with Crippen molar-refractivity contribution in [3.05, 3.63) is 123 Å². The molecule has 0 bridgehead atoms. The Morgan fingerprint density at radius 3 is 2.15 bits per heavy atom. The van der Waals surface area contributed by atoms with Crippen LogP contribution in [0.15, 0.2) is 94.8 Å². The topological polar surface area (TPSA) is 62.8 Å². The van der Waals surface area contributed by atoms with Gasteiger partial charge in [0, 0.05) is 13.1 Å². The van der Waals surface area contributed by atoms with Crippen LogP contribution in [0, 0.1) is 11.2 Å². The van der Waals surface area contributed by atoms with E-state index in [1.165, 1.54) is 17.1 Å². The minimum atomic E-state index is -0.748. The fourth-order valence-electron chi connectivity index (χ4n) is 6.03. The summed E-state index contributed by atoms with van der Waals surface area (Å²) in [6, 6.07) is 25.5. The van der Waals surface area contributed by atoms with Crippen molar-refractivity contribution in [2.75, 3.05) is 13.1 Å². The highest BCUT2D eigenvalue weighted by Gasteiger charge is 2.52. The van der Waals surface area contributed by atoms with Crippen molar-refractivity contribution in [1.82, 2.24) is 19.3 Å². The van der Waals surface area contributed by atoms with Gasteiger partial charge in [0.1, 0.15) is 10.8 Å². The van der Waals surface area contributed by atoms with E-state index >= 15 is 0 Å². The predicted molar refractivity (Wildman–Crippen MR) is 158 cm³/mol. The van der Waals surface area contributed by atoms with E-state index < -0.39 is 5.41 Å². The Morgan fingerprint density at radius 1 is 0.878 bits per heavy atom. The molecule has 9 heteroatoms. The van der Waals surface area contributed by atoms with Crippen molar-refractivity contribution in [3.63, 3.8) is 0 Å². The van der Waals surface area contributed by atoms with Gasteiger partial charge in [0.25, 0.3) is 11.5 Å². The van der Waals surface area contributed by atoms with Gasteiger partial charge in [-0.15, -0.1) is 0 Å². The summed E-state index contributed by atoms with van der Waals surface area (Å²) in [5.74, 6) is -0.342. The van der Waals surface area contributed by atoms with E-state index in [1.54, 1.807) is 16.8 Å². The number of benzene rings is 3. The van der Waals surface area contributed by atoms with Crippen LogP contribution < -0.4 is 5.56 Å². The summed E-state index contributed by atoms with van der Waals surface area (Å²) >= 11 is 6.64. The lowest BCUT2D eigenvalue weighted by atomic mass is 9.72. The highest BCUT2D eigenvalue weighted by Crippen LogP contribution is 2.42. The van der Waals surface area contributed by atoms with Crippen LogP contribution in [0.25, 0.3) is 5.69 Å². The second-order valence-electron chi connectivity index (χ2n) is 10.6. The third kappa shape index (κ3) is 4.91. The number of likely N-dealkylation sites (tertiary alicyclic amines) is 1. The molecule has 0 saturated carbocycles. The lowest BCUT2D eigenvalue weighted by Gasteiger charge is -2.38. The third-order valence-corrected chi connectivity index (χ3v) is 8.56. The lowest BCUT2D eigenvalue weighted by molar-refractivity contribution is -0.138. The minimum Gasteiger partial charge on any atom is -0.297 e. The molecule has 41 heavy (non-hydrogen) atoms. The van der Waals surface area contributed by atoms with Gasteiger partial charge in [0.05, 0.1) is 29.1 Å². The van der Waals surface area contributed by atoms with Crippen LogP contribution in [0.2, 0.25) is 5.02 Å². The summed E-state index contributed by atoms with van der Waals surface area (Å²) < 4.78 is 17.1. The molecule has 0 radical (unpaired) electrons. The van der Waals surface area contributed by atoms with E-state index in [4.69, 9.17) is 16.7 Å². The van der Waals surface area contributed by atoms with E-state index in [2.05, 4.69) is 4.90 Å². The monoisotopic (exact) mass is 571 g/mol. The number of piperidine rings is 1. The van der Waals surface area contributed by atoms with Crippen molar-refractivity contribution < 1.29 is 9.18 Å². The quantitative estimate of drug-likeness (QED) is 0.295. The molecule has 2 aliphatic rings. The second kappa shape index (κ2) is 11.1. The van der Waals surface area contributed by atoms with Crippen LogP contribution in [-0.4, -0.2) is 44.0 Å². The zero-order valence-electron chi connectivity index (χ0n) is 22.8. The first-order valence-electron chi connectivity index (χ1n) is 13.9. The summed E-state index contributed by atoms with van der Waals surface area (Å²) in [5, 5.41) is 6.62. The maximum absolute atomic E-state index is 14.0.